The SMILES string of the molecule is Cc1ccc(C)c(S(=O)(=O)NC(CCn2cccc2C#N)C(=O)N(C)[C@H](C)c2ccccc2)c1. The highest BCUT2D eigenvalue weighted by molar-refractivity contribution is 7.89. The van der Waals surface area contributed by atoms with Crippen LogP contribution >= 0.6 is 0 Å². The van der Waals surface area contributed by atoms with Gasteiger partial charge in [-0.25, -0.2) is 8.42 Å². The maximum atomic E-state index is 13.6. The van der Waals surface area contributed by atoms with Crippen molar-refractivity contribution in [2.75, 3.05) is 7.05 Å². The first kappa shape index (κ1) is 25.2. The second-order valence-electron chi connectivity index (χ2n) is 8.47. The summed E-state index contributed by atoms with van der Waals surface area (Å²) in [5.74, 6) is -0.337. The normalized spacial score (nSPS) is 13.1. The van der Waals surface area contributed by atoms with Crippen molar-refractivity contribution in [2.45, 2.75) is 50.7 Å². The maximum Gasteiger partial charge on any atom is 0.241 e. The Balaban J connectivity index is 1.90. The molecule has 2 atom stereocenters. The predicted octanol–water partition coefficient (Wildman–Crippen LogP) is 3.93. The van der Waals surface area contributed by atoms with Gasteiger partial charge in [-0.3, -0.25) is 4.79 Å². The zero-order valence-corrected chi connectivity index (χ0v) is 20.7. The zero-order chi connectivity index (χ0) is 24.9. The number of nitrogens with zero attached hydrogens (tertiary/aromatic N) is 3. The molecule has 0 fully saturated rings. The monoisotopic (exact) mass is 478 g/mol. The molecule has 0 radical (unpaired) electrons. The molecule has 0 bridgehead atoms. The van der Waals surface area contributed by atoms with Crippen molar-refractivity contribution in [3.8, 4) is 6.07 Å². The fraction of sp³-hybridized carbons (Fsp3) is 0.308. The summed E-state index contributed by atoms with van der Waals surface area (Å²) in [4.78, 5) is 15.3. The molecular formula is C26H30N4O3S. The van der Waals surface area contributed by atoms with E-state index in [1.807, 2.05) is 50.2 Å². The van der Waals surface area contributed by atoms with Gasteiger partial charge in [-0.05, 0) is 62.1 Å². The number of amides is 1. The molecule has 2 aromatic carbocycles. The molecule has 8 heteroatoms. The number of hydrogen-bond donors (Lipinski definition) is 1. The van der Waals surface area contributed by atoms with Gasteiger partial charge in [-0.15, -0.1) is 0 Å². The van der Waals surface area contributed by atoms with Gasteiger partial charge in [0, 0.05) is 19.8 Å². The summed E-state index contributed by atoms with van der Waals surface area (Å²) in [7, 11) is -2.28. The van der Waals surface area contributed by atoms with Gasteiger partial charge in [0.05, 0.1) is 10.9 Å². The number of carbonyl (C=O) groups is 1. The average Bonchev–Trinajstić information content (AvgIpc) is 3.30. The number of sulfonamides is 1. The average molecular weight is 479 g/mol. The third-order valence-corrected chi connectivity index (χ3v) is 7.66. The first-order chi connectivity index (χ1) is 16.1. The van der Waals surface area contributed by atoms with Crippen LogP contribution in [0.5, 0.6) is 0 Å². The van der Waals surface area contributed by atoms with E-state index in [4.69, 9.17) is 0 Å². The van der Waals surface area contributed by atoms with E-state index < -0.39 is 16.1 Å². The molecule has 3 rings (SSSR count). The summed E-state index contributed by atoms with van der Waals surface area (Å²) in [5.41, 5.74) is 2.82. The number of benzene rings is 2. The Kier molecular flexibility index (Phi) is 7.92. The Bertz CT molecular complexity index is 1290. The van der Waals surface area contributed by atoms with E-state index in [0.29, 0.717) is 17.8 Å². The number of hydrogen-bond acceptors (Lipinski definition) is 4. The number of aryl methyl sites for hydroxylation is 3. The Morgan fingerprint density at radius 1 is 1.12 bits per heavy atom. The number of likely N-dealkylation sites (N-methyl/N-ethyl adjacent to an activating group) is 1. The van der Waals surface area contributed by atoms with Crippen molar-refractivity contribution in [1.29, 1.82) is 5.26 Å². The Morgan fingerprint density at radius 2 is 1.82 bits per heavy atom. The van der Waals surface area contributed by atoms with Gasteiger partial charge in [0.2, 0.25) is 15.9 Å². The molecule has 1 heterocycles. The van der Waals surface area contributed by atoms with Crippen LogP contribution in [0.1, 0.15) is 41.8 Å². The number of rotatable bonds is 9. The number of aromatic nitrogens is 1. The van der Waals surface area contributed by atoms with Crippen molar-refractivity contribution < 1.29 is 13.2 Å². The van der Waals surface area contributed by atoms with Crippen LogP contribution in [0.4, 0.5) is 0 Å². The van der Waals surface area contributed by atoms with Gasteiger partial charge in [0.1, 0.15) is 17.8 Å². The van der Waals surface area contributed by atoms with Crippen LogP contribution in [0.25, 0.3) is 0 Å². The molecule has 0 aliphatic heterocycles. The lowest BCUT2D eigenvalue weighted by molar-refractivity contribution is -0.133. The summed E-state index contributed by atoms with van der Waals surface area (Å²) in [6, 6.07) is 19.1. The lowest BCUT2D eigenvalue weighted by Gasteiger charge is -2.30. The highest BCUT2D eigenvalue weighted by Gasteiger charge is 2.31. The molecule has 7 nitrogen and oxygen atoms in total. The van der Waals surface area contributed by atoms with E-state index in [-0.39, 0.29) is 23.3 Å². The lowest BCUT2D eigenvalue weighted by atomic mass is 10.1. The highest BCUT2D eigenvalue weighted by Crippen LogP contribution is 2.22. The van der Waals surface area contributed by atoms with Gasteiger partial charge in [0.25, 0.3) is 0 Å². The largest absolute Gasteiger partial charge is 0.339 e. The molecule has 0 saturated heterocycles. The van der Waals surface area contributed by atoms with E-state index >= 15 is 0 Å². The molecule has 0 saturated carbocycles. The first-order valence-corrected chi connectivity index (χ1v) is 12.6. The minimum atomic E-state index is -3.96. The maximum absolute atomic E-state index is 13.6. The van der Waals surface area contributed by atoms with E-state index in [1.54, 1.807) is 53.9 Å². The van der Waals surface area contributed by atoms with Crippen molar-refractivity contribution in [3.05, 3.63) is 89.2 Å². The predicted molar refractivity (Wildman–Crippen MR) is 131 cm³/mol. The Morgan fingerprint density at radius 3 is 2.50 bits per heavy atom. The van der Waals surface area contributed by atoms with Crippen LogP contribution in [-0.2, 0) is 21.4 Å². The van der Waals surface area contributed by atoms with Gasteiger partial charge in [0.15, 0.2) is 0 Å². The Hall–Kier alpha value is -3.41. The number of nitriles is 1. The molecule has 178 valence electrons. The van der Waals surface area contributed by atoms with Gasteiger partial charge in [-0.2, -0.15) is 9.98 Å². The summed E-state index contributed by atoms with van der Waals surface area (Å²) >= 11 is 0. The van der Waals surface area contributed by atoms with Crippen LogP contribution in [0.15, 0.2) is 71.8 Å². The minimum Gasteiger partial charge on any atom is -0.339 e. The topological polar surface area (TPSA) is 95.2 Å². The van der Waals surface area contributed by atoms with Gasteiger partial charge in [-0.1, -0.05) is 42.5 Å². The van der Waals surface area contributed by atoms with Crippen LogP contribution in [0, 0.1) is 25.2 Å². The standard InChI is InChI=1S/C26H30N4O3S/c1-19-12-13-20(2)25(17-19)34(32,33)28-24(14-16-30-15-8-11-23(30)18-27)26(31)29(4)21(3)22-9-6-5-7-10-22/h5-13,15,17,21,24,28H,14,16H2,1-4H3/t21-,24?/m1/s1. The van der Waals surface area contributed by atoms with Crippen LogP contribution in [0.2, 0.25) is 0 Å². The summed E-state index contributed by atoms with van der Waals surface area (Å²) in [6.07, 6.45) is 1.94. The second-order valence-corrected chi connectivity index (χ2v) is 10.1. The van der Waals surface area contributed by atoms with Crippen molar-refractivity contribution in [1.82, 2.24) is 14.2 Å². The molecular weight excluding hydrogens is 448 g/mol. The summed E-state index contributed by atoms with van der Waals surface area (Å²) < 4.78 is 31.0. The molecule has 0 aliphatic rings. The third-order valence-electron chi connectivity index (χ3n) is 6.04. The van der Waals surface area contributed by atoms with E-state index in [9.17, 15) is 18.5 Å². The first-order valence-electron chi connectivity index (χ1n) is 11.1. The molecule has 1 aromatic heterocycles. The van der Waals surface area contributed by atoms with Crippen LogP contribution < -0.4 is 4.72 Å². The third kappa shape index (κ3) is 5.74. The molecule has 3 aromatic rings. The molecule has 1 N–H and O–H groups in total. The van der Waals surface area contributed by atoms with Crippen molar-refractivity contribution in [3.63, 3.8) is 0 Å². The minimum absolute atomic E-state index is 0.155. The van der Waals surface area contributed by atoms with E-state index in [2.05, 4.69) is 10.8 Å². The van der Waals surface area contributed by atoms with Crippen molar-refractivity contribution in [2.24, 2.45) is 0 Å². The quantitative estimate of drug-likeness (QED) is 0.504. The highest BCUT2D eigenvalue weighted by atomic mass is 32.2. The zero-order valence-electron chi connectivity index (χ0n) is 19.9. The molecule has 1 amide bonds. The van der Waals surface area contributed by atoms with Gasteiger partial charge >= 0.3 is 0 Å². The summed E-state index contributed by atoms with van der Waals surface area (Å²) in [6.45, 7) is 5.78. The lowest BCUT2D eigenvalue weighted by Crippen LogP contribution is -2.48. The molecule has 34 heavy (non-hydrogen) atoms. The molecule has 0 aliphatic carbocycles. The fourth-order valence-corrected chi connectivity index (χ4v) is 5.40. The molecule has 0 spiro atoms. The van der Waals surface area contributed by atoms with E-state index in [0.717, 1.165) is 11.1 Å². The van der Waals surface area contributed by atoms with E-state index in [1.165, 1.54) is 0 Å². The Labute approximate surface area is 201 Å². The van der Waals surface area contributed by atoms with Crippen molar-refractivity contribution >= 4 is 15.9 Å². The van der Waals surface area contributed by atoms with Gasteiger partial charge < -0.3 is 9.47 Å². The number of carbonyl (C=O) groups excluding carboxylic acids is 1. The fourth-order valence-electron chi connectivity index (χ4n) is 3.85. The summed E-state index contributed by atoms with van der Waals surface area (Å²) in [5, 5.41) is 9.30. The van der Waals surface area contributed by atoms with Crippen LogP contribution in [0.3, 0.4) is 0 Å². The van der Waals surface area contributed by atoms with Crippen LogP contribution in [-0.4, -0.2) is 36.9 Å². The second kappa shape index (κ2) is 10.7. The number of nitrogens with one attached hydrogen (secondary N) is 1. The smallest absolute Gasteiger partial charge is 0.241 e. The molecule has 1 unspecified atom stereocenters.